The van der Waals surface area contributed by atoms with E-state index < -0.39 is 0 Å². The Labute approximate surface area is 186 Å². The maximum absolute atomic E-state index is 13.6. The van der Waals surface area contributed by atoms with Gasteiger partial charge >= 0.3 is 0 Å². The van der Waals surface area contributed by atoms with Crippen molar-refractivity contribution in [2.45, 2.75) is 51.5 Å². The number of fused-ring (bicyclic) bond motifs is 2. The first-order valence-corrected chi connectivity index (χ1v) is 11.4. The number of nitrogens with zero attached hydrogens (tertiary/aromatic N) is 3. The van der Waals surface area contributed by atoms with Gasteiger partial charge in [0.2, 0.25) is 11.8 Å². The summed E-state index contributed by atoms with van der Waals surface area (Å²) in [5.41, 5.74) is 8.00. The van der Waals surface area contributed by atoms with Crippen molar-refractivity contribution in [3.63, 3.8) is 0 Å². The highest BCUT2D eigenvalue weighted by Gasteiger charge is 2.49. The van der Waals surface area contributed by atoms with Crippen LogP contribution in [0.25, 0.3) is 0 Å². The van der Waals surface area contributed by atoms with Crippen molar-refractivity contribution in [3.8, 4) is 0 Å². The first-order chi connectivity index (χ1) is 14.9. The lowest BCUT2D eigenvalue weighted by molar-refractivity contribution is -0.125. The molecule has 31 heavy (non-hydrogen) atoms. The summed E-state index contributed by atoms with van der Waals surface area (Å²) in [5, 5.41) is 8.38. The summed E-state index contributed by atoms with van der Waals surface area (Å²) < 4.78 is 1.78. The smallest absolute Gasteiger partial charge is 0.230 e. The molecule has 2 fully saturated rings. The molecule has 0 spiro atoms. The number of benzene rings is 1. The monoisotopic (exact) mass is 441 g/mol. The molecular weight excluding hydrogens is 414 g/mol. The van der Waals surface area contributed by atoms with E-state index >= 15 is 0 Å². The van der Waals surface area contributed by atoms with Crippen molar-refractivity contribution in [1.29, 1.82) is 0 Å². The van der Waals surface area contributed by atoms with Crippen LogP contribution < -0.4 is 16.0 Å². The molecule has 1 aromatic heterocycles. The molecule has 1 aliphatic heterocycles. The quantitative estimate of drug-likeness (QED) is 0.746. The largest absolute Gasteiger partial charge is 0.369 e. The standard InChI is InChI=1S/C23H28ClN5O2/c1-28-20-16(12-26-28)13-29(19-7-6-17(24)10-18(19)27-20)21(30)15-4-2-14(3-5-15)11-23(8-9-23)22(25)31/h6-7,10,12,14-15,27H,2-5,8-9,11,13H2,1H3,(H2,25,31). The molecule has 164 valence electrons. The van der Waals surface area contributed by atoms with Gasteiger partial charge in [-0.2, -0.15) is 5.10 Å². The minimum atomic E-state index is -0.257. The minimum Gasteiger partial charge on any atom is -0.369 e. The van der Waals surface area contributed by atoms with E-state index in [-0.39, 0.29) is 23.1 Å². The number of halogens is 1. The Hall–Kier alpha value is -2.54. The van der Waals surface area contributed by atoms with Crippen molar-refractivity contribution >= 4 is 40.6 Å². The van der Waals surface area contributed by atoms with Crippen LogP contribution in [0.1, 0.15) is 50.5 Å². The Kier molecular flexibility index (Phi) is 4.96. The van der Waals surface area contributed by atoms with E-state index in [2.05, 4.69) is 10.4 Å². The number of hydrogen-bond donors (Lipinski definition) is 2. The molecular formula is C23H28ClN5O2. The van der Waals surface area contributed by atoms with Crippen LogP contribution in [0.15, 0.2) is 24.4 Å². The zero-order valence-corrected chi connectivity index (χ0v) is 18.5. The van der Waals surface area contributed by atoms with Gasteiger partial charge in [-0.25, -0.2) is 0 Å². The minimum absolute atomic E-state index is 0.0123. The van der Waals surface area contributed by atoms with Crippen LogP contribution in [0.5, 0.6) is 0 Å². The topological polar surface area (TPSA) is 93.2 Å². The molecule has 0 unspecified atom stereocenters. The summed E-state index contributed by atoms with van der Waals surface area (Å²) >= 11 is 6.24. The summed E-state index contributed by atoms with van der Waals surface area (Å²) in [7, 11) is 1.88. The third-order valence-corrected chi connectivity index (χ3v) is 7.60. The fourth-order valence-corrected chi connectivity index (χ4v) is 5.44. The average Bonchev–Trinajstić information content (AvgIpc) is 3.49. The highest BCUT2D eigenvalue weighted by molar-refractivity contribution is 6.31. The molecule has 8 heteroatoms. The van der Waals surface area contributed by atoms with Gasteiger partial charge < -0.3 is 16.0 Å². The van der Waals surface area contributed by atoms with Gasteiger partial charge in [0.15, 0.2) is 0 Å². The number of amides is 2. The van der Waals surface area contributed by atoms with Crippen LogP contribution in [0.3, 0.4) is 0 Å². The third kappa shape index (κ3) is 3.69. The summed E-state index contributed by atoms with van der Waals surface area (Å²) in [6, 6.07) is 5.60. The molecule has 2 amide bonds. The first kappa shape index (κ1) is 20.4. The fourth-order valence-electron chi connectivity index (χ4n) is 5.27. The van der Waals surface area contributed by atoms with E-state index in [1.54, 1.807) is 4.68 Å². The number of hydrogen-bond acceptors (Lipinski definition) is 4. The van der Waals surface area contributed by atoms with Gasteiger partial charge in [-0.05, 0) is 69.1 Å². The number of carbonyl (C=O) groups excluding carboxylic acids is 2. The maximum atomic E-state index is 13.6. The number of nitrogens with two attached hydrogens (primary N) is 1. The molecule has 3 aliphatic rings. The van der Waals surface area contributed by atoms with E-state index in [1.807, 2.05) is 36.3 Å². The lowest BCUT2D eigenvalue weighted by Gasteiger charge is -2.33. The number of nitrogens with one attached hydrogen (secondary N) is 1. The molecule has 5 rings (SSSR count). The molecule has 2 aromatic rings. The molecule has 0 bridgehead atoms. The zero-order valence-electron chi connectivity index (χ0n) is 17.7. The van der Waals surface area contributed by atoms with Crippen LogP contribution >= 0.6 is 11.6 Å². The Morgan fingerprint density at radius 3 is 2.68 bits per heavy atom. The number of aryl methyl sites for hydroxylation is 1. The van der Waals surface area contributed by atoms with Crippen molar-refractivity contribution in [2.75, 3.05) is 10.2 Å². The van der Waals surface area contributed by atoms with Crippen LogP contribution in [0, 0.1) is 17.3 Å². The second-order valence-corrected chi connectivity index (χ2v) is 9.86. The summed E-state index contributed by atoms with van der Waals surface area (Å²) in [6.07, 6.45) is 8.20. The lowest BCUT2D eigenvalue weighted by Crippen LogP contribution is -2.37. The highest BCUT2D eigenvalue weighted by atomic mass is 35.5. The summed E-state index contributed by atoms with van der Waals surface area (Å²) in [4.78, 5) is 27.3. The summed E-state index contributed by atoms with van der Waals surface area (Å²) in [5.74, 6) is 1.35. The highest BCUT2D eigenvalue weighted by Crippen LogP contribution is 2.52. The van der Waals surface area contributed by atoms with Gasteiger partial charge in [0, 0.05) is 29.0 Å². The van der Waals surface area contributed by atoms with Crippen LogP contribution in [0.2, 0.25) is 5.02 Å². The number of anilines is 3. The normalized spacial score (nSPS) is 23.9. The first-order valence-electron chi connectivity index (χ1n) is 11.0. The molecule has 0 radical (unpaired) electrons. The fraction of sp³-hybridized carbons (Fsp3) is 0.522. The van der Waals surface area contributed by atoms with Crippen LogP contribution in [-0.4, -0.2) is 21.6 Å². The van der Waals surface area contributed by atoms with E-state index in [9.17, 15) is 9.59 Å². The second kappa shape index (κ2) is 7.55. The number of carbonyl (C=O) groups is 2. The van der Waals surface area contributed by atoms with E-state index in [0.717, 1.165) is 67.7 Å². The SMILES string of the molecule is Cn1ncc2c1Nc1cc(Cl)ccc1N(C(=O)C1CCC(CC3(C(N)=O)CC3)CC1)C2. The molecule has 3 N–H and O–H groups in total. The average molecular weight is 442 g/mol. The third-order valence-electron chi connectivity index (χ3n) is 7.36. The number of rotatable bonds is 4. The van der Waals surface area contributed by atoms with Crippen LogP contribution in [0.4, 0.5) is 17.2 Å². The van der Waals surface area contributed by atoms with Gasteiger partial charge in [-0.3, -0.25) is 14.3 Å². The Morgan fingerprint density at radius 2 is 2.00 bits per heavy atom. The molecule has 2 heterocycles. The zero-order chi connectivity index (χ0) is 21.8. The number of primary amides is 1. The Bertz CT molecular complexity index is 1040. The van der Waals surface area contributed by atoms with Gasteiger partial charge in [0.25, 0.3) is 0 Å². The van der Waals surface area contributed by atoms with E-state index in [4.69, 9.17) is 17.3 Å². The van der Waals surface area contributed by atoms with Gasteiger partial charge in [-0.15, -0.1) is 0 Å². The van der Waals surface area contributed by atoms with E-state index in [0.29, 0.717) is 17.5 Å². The lowest BCUT2D eigenvalue weighted by atomic mass is 9.76. The second-order valence-electron chi connectivity index (χ2n) is 9.42. The summed E-state index contributed by atoms with van der Waals surface area (Å²) in [6.45, 7) is 0.481. The van der Waals surface area contributed by atoms with Crippen molar-refractivity contribution in [1.82, 2.24) is 9.78 Å². The van der Waals surface area contributed by atoms with Crippen molar-refractivity contribution < 1.29 is 9.59 Å². The Balaban J connectivity index is 1.34. The van der Waals surface area contributed by atoms with Crippen LogP contribution in [-0.2, 0) is 23.2 Å². The van der Waals surface area contributed by atoms with Crippen molar-refractivity contribution in [2.24, 2.45) is 30.0 Å². The van der Waals surface area contributed by atoms with Gasteiger partial charge in [0.1, 0.15) is 5.82 Å². The van der Waals surface area contributed by atoms with E-state index in [1.165, 1.54) is 0 Å². The number of aromatic nitrogens is 2. The predicted molar refractivity (Wildman–Crippen MR) is 120 cm³/mol. The Morgan fingerprint density at radius 1 is 1.26 bits per heavy atom. The molecule has 0 atom stereocenters. The van der Waals surface area contributed by atoms with Gasteiger partial charge in [0.05, 0.1) is 24.1 Å². The predicted octanol–water partition coefficient (Wildman–Crippen LogP) is 4.13. The molecule has 7 nitrogen and oxygen atoms in total. The maximum Gasteiger partial charge on any atom is 0.230 e. The van der Waals surface area contributed by atoms with Crippen molar-refractivity contribution in [3.05, 3.63) is 35.0 Å². The molecule has 0 saturated heterocycles. The molecule has 2 aliphatic carbocycles. The molecule has 1 aromatic carbocycles. The van der Waals surface area contributed by atoms with Gasteiger partial charge in [-0.1, -0.05) is 11.6 Å². The molecule has 2 saturated carbocycles.